The molecule has 22 heavy (non-hydrogen) atoms. The van der Waals surface area contributed by atoms with E-state index in [1.54, 1.807) is 6.20 Å². The average molecular weight is 308 g/mol. The highest BCUT2D eigenvalue weighted by atomic mass is 32.1. The van der Waals surface area contributed by atoms with E-state index in [4.69, 9.17) is 0 Å². The topological polar surface area (TPSA) is 40.9 Å². The predicted octanol–water partition coefficient (Wildman–Crippen LogP) is 5.19. The molecule has 3 aromatic rings. The Hall–Kier alpha value is -2.53. The van der Waals surface area contributed by atoms with Crippen molar-refractivity contribution in [3.8, 4) is 0 Å². The molecule has 0 fully saturated rings. The molecular formula is C17H16N4S. The second kappa shape index (κ2) is 6.95. The molecule has 5 heteroatoms. The molecule has 0 atom stereocenters. The van der Waals surface area contributed by atoms with Gasteiger partial charge in [0.2, 0.25) is 5.13 Å². The lowest BCUT2D eigenvalue weighted by molar-refractivity contribution is 0.923. The fourth-order valence-corrected chi connectivity index (χ4v) is 2.54. The summed E-state index contributed by atoms with van der Waals surface area (Å²) in [4.78, 5) is 6.28. The Labute approximate surface area is 133 Å². The Morgan fingerprint density at radius 3 is 2.45 bits per heavy atom. The first-order valence-electron chi connectivity index (χ1n) is 6.97. The smallest absolute Gasteiger partial charge is 0.229 e. The van der Waals surface area contributed by atoms with Crippen LogP contribution in [0.4, 0.5) is 16.5 Å². The molecule has 0 aliphatic heterocycles. The lowest BCUT2D eigenvalue weighted by Gasteiger charge is -2.19. The molecule has 0 amide bonds. The Kier molecular flexibility index (Phi) is 4.56. The molecular weight excluding hydrogens is 292 g/mol. The fourth-order valence-electron chi connectivity index (χ4n) is 2.09. The maximum Gasteiger partial charge on any atom is 0.229 e. The third-order valence-electron chi connectivity index (χ3n) is 3.22. The number of azo groups is 1. The van der Waals surface area contributed by atoms with Crippen LogP contribution in [0.5, 0.6) is 0 Å². The molecule has 2 aromatic carbocycles. The highest BCUT2D eigenvalue weighted by molar-refractivity contribution is 7.13. The van der Waals surface area contributed by atoms with Gasteiger partial charge in [0.25, 0.3) is 0 Å². The van der Waals surface area contributed by atoms with Crippen LogP contribution in [0.25, 0.3) is 0 Å². The quantitative estimate of drug-likeness (QED) is 0.608. The van der Waals surface area contributed by atoms with Crippen molar-refractivity contribution in [3.63, 3.8) is 0 Å². The molecule has 4 nitrogen and oxygen atoms in total. The first kappa shape index (κ1) is 14.4. The molecule has 0 saturated heterocycles. The van der Waals surface area contributed by atoms with Gasteiger partial charge in [-0.25, -0.2) is 4.98 Å². The lowest BCUT2D eigenvalue weighted by Crippen LogP contribution is -2.15. The zero-order valence-electron chi connectivity index (χ0n) is 12.3. The van der Waals surface area contributed by atoms with E-state index in [1.165, 1.54) is 16.9 Å². The normalized spacial score (nSPS) is 11.0. The second-order valence-corrected chi connectivity index (χ2v) is 5.75. The van der Waals surface area contributed by atoms with Crippen molar-refractivity contribution in [3.05, 3.63) is 71.7 Å². The molecule has 0 aliphatic carbocycles. The van der Waals surface area contributed by atoms with Gasteiger partial charge in [-0.05, 0) is 29.8 Å². The third-order valence-corrected chi connectivity index (χ3v) is 3.88. The zero-order chi connectivity index (χ0) is 15.2. The molecule has 110 valence electrons. The number of aromatic nitrogens is 1. The summed E-state index contributed by atoms with van der Waals surface area (Å²) >= 11 is 1.47. The molecule has 0 N–H and O–H groups in total. The standard InChI is InChI=1S/C17H16N4S/c1-21(13-14-5-3-2-4-6-14)16-9-7-15(8-10-16)19-20-17-18-11-12-22-17/h2-12H,13H2,1H3/b20-19+. The van der Waals surface area contributed by atoms with E-state index < -0.39 is 0 Å². The number of nitrogens with zero attached hydrogens (tertiary/aromatic N) is 4. The van der Waals surface area contributed by atoms with Crippen LogP contribution in [0.2, 0.25) is 0 Å². The van der Waals surface area contributed by atoms with Crippen LogP contribution in [0.1, 0.15) is 5.56 Å². The predicted molar refractivity (Wildman–Crippen MR) is 91.3 cm³/mol. The van der Waals surface area contributed by atoms with Crippen molar-refractivity contribution in [2.45, 2.75) is 6.54 Å². The second-order valence-electron chi connectivity index (χ2n) is 4.87. The highest BCUT2D eigenvalue weighted by Crippen LogP contribution is 2.23. The zero-order valence-corrected chi connectivity index (χ0v) is 13.1. The minimum Gasteiger partial charge on any atom is -0.370 e. The van der Waals surface area contributed by atoms with E-state index in [-0.39, 0.29) is 0 Å². The first-order valence-corrected chi connectivity index (χ1v) is 7.85. The van der Waals surface area contributed by atoms with E-state index in [0.717, 1.165) is 17.9 Å². The van der Waals surface area contributed by atoms with Crippen molar-refractivity contribution in [1.29, 1.82) is 0 Å². The van der Waals surface area contributed by atoms with Crippen LogP contribution in [0, 0.1) is 0 Å². The molecule has 0 saturated carbocycles. The Morgan fingerprint density at radius 1 is 1.00 bits per heavy atom. The number of hydrogen-bond acceptors (Lipinski definition) is 5. The largest absolute Gasteiger partial charge is 0.370 e. The van der Waals surface area contributed by atoms with Crippen LogP contribution in [-0.4, -0.2) is 12.0 Å². The molecule has 3 rings (SSSR count). The van der Waals surface area contributed by atoms with Crippen molar-refractivity contribution >= 4 is 27.8 Å². The lowest BCUT2D eigenvalue weighted by atomic mass is 10.2. The van der Waals surface area contributed by atoms with Gasteiger partial charge in [0.05, 0.1) is 5.69 Å². The molecule has 0 bridgehead atoms. The SMILES string of the molecule is CN(Cc1ccccc1)c1ccc(/N=N/c2nccs2)cc1. The Morgan fingerprint density at radius 2 is 1.77 bits per heavy atom. The van der Waals surface area contributed by atoms with Gasteiger partial charge in [0, 0.05) is 30.9 Å². The van der Waals surface area contributed by atoms with Gasteiger partial charge in [-0.15, -0.1) is 21.6 Å². The van der Waals surface area contributed by atoms with Crippen LogP contribution in [-0.2, 0) is 6.54 Å². The van der Waals surface area contributed by atoms with E-state index in [2.05, 4.69) is 63.6 Å². The number of hydrogen-bond donors (Lipinski definition) is 0. The van der Waals surface area contributed by atoms with Crippen molar-refractivity contribution in [2.75, 3.05) is 11.9 Å². The molecule has 1 aromatic heterocycles. The van der Waals surface area contributed by atoms with Crippen LogP contribution in [0.15, 0.2) is 76.4 Å². The fraction of sp³-hybridized carbons (Fsp3) is 0.118. The first-order chi connectivity index (χ1) is 10.8. The summed E-state index contributed by atoms with van der Waals surface area (Å²) < 4.78 is 0. The summed E-state index contributed by atoms with van der Waals surface area (Å²) in [6.07, 6.45) is 1.72. The molecule has 0 spiro atoms. The summed E-state index contributed by atoms with van der Waals surface area (Å²) in [5, 5.41) is 10.8. The van der Waals surface area contributed by atoms with Gasteiger partial charge in [-0.1, -0.05) is 30.3 Å². The monoisotopic (exact) mass is 308 g/mol. The van der Waals surface area contributed by atoms with Gasteiger partial charge in [0.15, 0.2) is 0 Å². The minimum atomic E-state index is 0.672. The molecule has 0 radical (unpaired) electrons. The van der Waals surface area contributed by atoms with Gasteiger partial charge < -0.3 is 4.90 Å². The van der Waals surface area contributed by atoms with Crippen LogP contribution < -0.4 is 4.90 Å². The van der Waals surface area contributed by atoms with Gasteiger partial charge in [-0.3, -0.25) is 0 Å². The minimum absolute atomic E-state index is 0.672. The van der Waals surface area contributed by atoms with Crippen LogP contribution >= 0.6 is 11.3 Å². The Balaban J connectivity index is 1.66. The number of benzene rings is 2. The summed E-state index contributed by atoms with van der Waals surface area (Å²) in [5.41, 5.74) is 3.27. The maximum atomic E-state index is 4.19. The maximum absolute atomic E-state index is 4.19. The number of anilines is 1. The van der Waals surface area contributed by atoms with Gasteiger partial charge >= 0.3 is 0 Å². The van der Waals surface area contributed by atoms with Crippen molar-refractivity contribution in [1.82, 2.24) is 4.98 Å². The molecule has 0 unspecified atom stereocenters. The van der Waals surface area contributed by atoms with Gasteiger partial charge in [0.1, 0.15) is 0 Å². The summed E-state index contributed by atoms with van der Waals surface area (Å²) in [7, 11) is 2.08. The number of thiazole rings is 1. The molecule has 0 aliphatic rings. The highest BCUT2D eigenvalue weighted by Gasteiger charge is 2.02. The van der Waals surface area contributed by atoms with Gasteiger partial charge in [-0.2, -0.15) is 0 Å². The van der Waals surface area contributed by atoms with E-state index in [9.17, 15) is 0 Å². The number of rotatable bonds is 5. The molecule has 1 heterocycles. The van der Waals surface area contributed by atoms with E-state index in [1.807, 2.05) is 23.6 Å². The summed E-state index contributed by atoms with van der Waals surface area (Å²) in [6.45, 7) is 0.876. The van der Waals surface area contributed by atoms with E-state index >= 15 is 0 Å². The summed E-state index contributed by atoms with van der Waals surface area (Å²) in [6, 6.07) is 18.5. The summed E-state index contributed by atoms with van der Waals surface area (Å²) in [5.74, 6) is 0. The van der Waals surface area contributed by atoms with Crippen molar-refractivity contribution < 1.29 is 0 Å². The van der Waals surface area contributed by atoms with Crippen LogP contribution in [0.3, 0.4) is 0 Å². The van der Waals surface area contributed by atoms with E-state index in [0.29, 0.717) is 5.13 Å². The van der Waals surface area contributed by atoms with Crippen molar-refractivity contribution in [2.24, 2.45) is 10.2 Å². The Bertz CT molecular complexity index is 721. The third kappa shape index (κ3) is 3.77. The average Bonchev–Trinajstić information content (AvgIpc) is 3.08.